The van der Waals surface area contributed by atoms with Crippen molar-refractivity contribution in [3.8, 4) is 16.9 Å². The van der Waals surface area contributed by atoms with Crippen molar-refractivity contribution >= 4 is 10.9 Å². The van der Waals surface area contributed by atoms with Crippen LogP contribution in [0, 0.1) is 17.5 Å². The monoisotopic (exact) mass is 523 g/mol. The number of para-hydroxylation sites is 1. The van der Waals surface area contributed by atoms with Crippen molar-refractivity contribution in [3.63, 3.8) is 0 Å². The number of halogens is 3. The average Bonchev–Trinajstić information content (AvgIpc) is 3.62. The van der Waals surface area contributed by atoms with E-state index in [4.69, 9.17) is 4.74 Å². The Bertz CT molecular complexity index is 1600. The number of aliphatic hydroxyl groups excluding tert-OH is 2. The van der Waals surface area contributed by atoms with E-state index < -0.39 is 48.4 Å². The number of ether oxygens (including phenoxy) is 1. The van der Waals surface area contributed by atoms with Gasteiger partial charge in [-0.15, -0.1) is 15.3 Å². The molecule has 0 amide bonds. The SMILES string of the molecule is OCC1OC(c2nncn2-c2cnc3ccccc3c2)CC(n2cc(-c3cc(F)c(F)c(F)c3)nn2)C1O. The molecule has 1 fully saturated rings. The molecule has 0 saturated carbocycles. The zero-order valence-electron chi connectivity index (χ0n) is 19.6. The summed E-state index contributed by atoms with van der Waals surface area (Å²) in [7, 11) is 0. The van der Waals surface area contributed by atoms with Crippen LogP contribution in [0.4, 0.5) is 13.2 Å². The minimum absolute atomic E-state index is 0.0204. The number of aliphatic hydroxyl groups is 2. The van der Waals surface area contributed by atoms with E-state index in [2.05, 4.69) is 25.5 Å². The lowest BCUT2D eigenvalue weighted by molar-refractivity contribution is -0.161. The van der Waals surface area contributed by atoms with E-state index in [9.17, 15) is 23.4 Å². The molecule has 4 atom stereocenters. The number of nitrogens with zero attached hydrogens (tertiary/aromatic N) is 7. The van der Waals surface area contributed by atoms with Gasteiger partial charge in [-0.3, -0.25) is 9.55 Å². The fraction of sp³-hybridized carbons (Fsp3) is 0.240. The molecule has 4 unspecified atom stereocenters. The van der Waals surface area contributed by atoms with Crippen LogP contribution in [-0.2, 0) is 4.74 Å². The van der Waals surface area contributed by atoms with Gasteiger partial charge in [0, 0.05) is 17.4 Å². The molecule has 0 bridgehead atoms. The first-order valence-electron chi connectivity index (χ1n) is 11.7. The van der Waals surface area contributed by atoms with Crippen molar-refractivity contribution in [3.05, 3.63) is 84.5 Å². The van der Waals surface area contributed by atoms with Crippen LogP contribution in [0.2, 0.25) is 0 Å². The predicted octanol–water partition coefficient (Wildman–Crippen LogP) is 2.92. The largest absolute Gasteiger partial charge is 0.394 e. The highest BCUT2D eigenvalue weighted by Gasteiger charge is 2.41. The second-order valence-electron chi connectivity index (χ2n) is 8.92. The Hall–Kier alpha value is -4.20. The molecule has 13 heteroatoms. The number of hydrogen-bond acceptors (Lipinski definition) is 8. The second kappa shape index (κ2) is 9.59. The van der Waals surface area contributed by atoms with Gasteiger partial charge in [-0.25, -0.2) is 17.9 Å². The maximum Gasteiger partial charge on any atom is 0.194 e. The van der Waals surface area contributed by atoms with Crippen molar-refractivity contribution in [2.24, 2.45) is 0 Å². The maximum absolute atomic E-state index is 13.7. The molecule has 3 aromatic heterocycles. The zero-order chi connectivity index (χ0) is 26.4. The van der Waals surface area contributed by atoms with Gasteiger partial charge in [0.15, 0.2) is 23.3 Å². The fourth-order valence-corrected chi connectivity index (χ4v) is 4.66. The van der Waals surface area contributed by atoms with Gasteiger partial charge >= 0.3 is 0 Å². The van der Waals surface area contributed by atoms with Crippen molar-refractivity contribution in [1.82, 2.24) is 34.7 Å². The summed E-state index contributed by atoms with van der Waals surface area (Å²) >= 11 is 0. The van der Waals surface area contributed by atoms with Gasteiger partial charge in [-0.05, 0) is 24.3 Å². The van der Waals surface area contributed by atoms with Crippen molar-refractivity contribution in [1.29, 1.82) is 0 Å². The Kier molecular flexibility index (Phi) is 6.10. The quantitative estimate of drug-likeness (QED) is 0.337. The van der Waals surface area contributed by atoms with Gasteiger partial charge in [-0.2, -0.15) is 0 Å². The number of rotatable bonds is 5. The third kappa shape index (κ3) is 4.20. The minimum atomic E-state index is -1.58. The smallest absolute Gasteiger partial charge is 0.194 e. The third-order valence-electron chi connectivity index (χ3n) is 6.60. The summed E-state index contributed by atoms with van der Waals surface area (Å²) < 4.78 is 49.9. The number of pyridine rings is 1. The maximum atomic E-state index is 13.7. The summed E-state index contributed by atoms with van der Waals surface area (Å²) in [6.45, 7) is -0.490. The summed E-state index contributed by atoms with van der Waals surface area (Å²) in [5.41, 5.74) is 1.57. The van der Waals surface area contributed by atoms with Gasteiger partial charge < -0.3 is 14.9 Å². The molecule has 1 aliphatic rings. The van der Waals surface area contributed by atoms with Crippen LogP contribution in [0.1, 0.15) is 24.4 Å². The summed E-state index contributed by atoms with van der Waals surface area (Å²) in [4.78, 5) is 4.48. The molecule has 1 aliphatic heterocycles. The van der Waals surface area contributed by atoms with Gasteiger partial charge in [0.25, 0.3) is 0 Å². The van der Waals surface area contributed by atoms with Crippen LogP contribution in [0.5, 0.6) is 0 Å². The van der Waals surface area contributed by atoms with E-state index in [-0.39, 0.29) is 17.7 Å². The number of hydrogen-bond donors (Lipinski definition) is 2. The van der Waals surface area contributed by atoms with E-state index >= 15 is 0 Å². The van der Waals surface area contributed by atoms with E-state index in [1.54, 1.807) is 10.8 Å². The molecule has 2 aromatic carbocycles. The Balaban J connectivity index is 1.33. The molecule has 1 saturated heterocycles. The molecule has 38 heavy (non-hydrogen) atoms. The van der Waals surface area contributed by atoms with Crippen molar-refractivity contribution < 1.29 is 28.1 Å². The van der Waals surface area contributed by atoms with E-state index in [0.717, 1.165) is 23.0 Å². The predicted molar refractivity (Wildman–Crippen MR) is 126 cm³/mol. The first kappa shape index (κ1) is 24.2. The Labute approximate surface area is 213 Å². The molecule has 2 N–H and O–H groups in total. The fourth-order valence-electron chi connectivity index (χ4n) is 4.66. The summed E-state index contributed by atoms with van der Waals surface area (Å²) in [6.07, 6.45) is 1.84. The number of fused-ring (bicyclic) bond motifs is 1. The van der Waals surface area contributed by atoms with Crippen LogP contribution >= 0.6 is 0 Å². The lowest BCUT2D eigenvalue weighted by Crippen LogP contribution is -2.45. The summed E-state index contributed by atoms with van der Waals surface area (Å²) in [5.74, 6) is -3.88. The van der Waals surface area contributed by atoms with Crippen LogP contribution in [0.3, 0.4) is 0 Å². The lowest BCUT2D eigenvalue weighted by Gasteiger charge is -2.38. The Morgan fingerprint density at radius 2 is 1.84 bits per heavy atom. The molecule has 0 aliphatic carbocycles. The summed E-state index contributed by atoms with van der Waals surface area (Å²) in [6, 6.07) is 10.4. The molecule has 5 aromatic rings. The Morgan fingerprint density at radius 1 is 1.05 bits per heavy atom. The molecule has 10 nitrogen and oxygen atoms in total. The van der Waals surface area contributed by atoms with Gasteiger partial charge in [0.05, 0.1) is 36.2 Å². The van der Waals surface area contributed by atoms with Crippen LogP contribution < -0.4 is 0 Å². The van der Waals surface area contributed by atoms with Gasteiger partial charge in [0.1, 0.15) is 30.3 Å². The topological polar surface area (TPSA) is 124 Å². The molecule has 0 spiro atoms. The average molecular weight is 523 g/mol. The standard InChI is InChI=1S/C25H20F3N7O3/c26-16-6-14(7-17(27)23(16)28)19-10-35(33-31-19)20-8-21(38-22(11-36)24(20)37)25-32-30-12-34(25)15-5-13-3-1-2-4-18(13)29-9-15/h1-7,9-10,12,20-22,24,36-37H,8,11H2. The molecule has 194 valence electrons. The second-order valence-corrected chi connectivity index (χ2v) is 8.92. The zero-order valence-corrected chi connectivity index (χ0v) is 19.6. The Morgan fingerprint density at radius 3 is 2.63 bits per heavy atom. The molecule has 4 heterocycles. The van der Waals surface area contributed by atoms with E-state index in [1.165, 1.54) is 17.2 Å². The molecule has 0 radical (unpaired) electrons. The first-order valence-corrected chi connectivity index (χ1v) is 11.7. The number of aromatic nitrogens is 7. The highest BCUT2D eigenvalue weighted by Crippen LogP contribution is 2.38. The highest BCUT2D eigenvalue weighted by atomic mass is 19.2. The third-order valence-corrected chi connectivity index (χ3v) is 6.60. The minimum Gasteiger partial charge on any atom is -0.394 e. The molecular formula is C25H20F3N7O3. The first-order chi connectivity index (χ1) is 18.4. The van der Waals surface area contributed by atoms with E-state index in [1.807, 2.05) is 30.3 Å². The lowest BCUT2D eigenvalue weighted by atomic mass is 9.95. The van der Waals surface area contributed by atoms with Gasteiger partial charge in [0.2, 0.25) is 0 Å². The molecular weight excluding hydrogens is 503 g/mol. The van der Waals surface area contributed by atoms with Crippen LogP contribution in [0.25, 0.3) is 27.8 Å². The van der Waals surface area contributed by atoms with Crippen molar-refractivity contribution in [2.45, 2.75) is 30.8 Å². The van der Waals surface area contributed by atoms with Crippen LogP contribution in [0.15, 0.2) is 61.2 Å². The highest BCUT2D eigenvalue weighted by molar-refractivity contribution is 5.80. The van der Waals surface area contributed by atoms with Crippen LogP contribution in [-0.4, -0.2) is 63.8 Å². The molecule has 6 rings (SSSR count). The normalized spacial score (nSPS) is 21.7. The summed E-state index contributed by atoms with van der Waals surface area (Å²) in [5, 5.41) is 38.0. The van der Waals surface area contributed by atoms with Crippen molar-refractivity contribution in [2.75, 3.05) is 6.61 Å². The number of benzene rings is 2. The van der Waals surface area contributed by atoms with E-state index in [0.29, 0.717) is 11.5 Å². The van der Waals surface area contributed by atoms with Gasteiger partial charge in [-0.1, -0.05) is 23.4 Å².